The topological polar surface area (TPSA) is 88.4 Å². The Balaban J connectivity index is 1.05. The zero-order valence-corrected chi connectivity index (χ0v) is 18.4. The molecule has 32 heavy (non-hydrogen) atoms. The highest BCUT2D eigenvalue weighted by Crippen LogP contribution is 2.48. The molecule has 166 valence electrons. The average molecular weight is 432 g/mol. The minimum Gasteiger partial charge on any atom is -0.335 e. The van der Waals surface area contributed by atoms with Crippen LogP contribution in [0.5, 0.6) is 0 Å². The summed E-state index contributed by atoms with van der Waals surface area (Å²) in [6.07, 6.45) is 5.25. The smallest absolute Gasteiger partial charge is 0.317 e. The van der Waals surface area contributed by atoms with Crippen LogP contribution in [0.1, 0.15) is 30.9 Å². The summed E-state index contributed by atoms with van der Waals surface area (Å²) < 4.78 is 0. The fourth-order valence-corrected chi connectivity index (χ4v) is 5.43. The van der Waals surface area contributed by atoms with Gasteiger partial charge < -0.3 is 15.1 Å². The van der Waals surface area contributed by atoms with Gasteiger partial charge in [-0.3, -0.25) is 4.90 Å². The van der Waals surface area contributed by atoms with Crippen LogP contribution >= 0.6 is 0 Å². The van der Waals surface area contributed by atoms with E-state index in [1.54, 1.807) is 12.4 Å². The van der Waals surface area contributed by atoms with Crippen LogP contribution < -0.4 is 10.2 Å². The van der Waals surface area contributed by atoms with Crippen molar-refractivity contribution < 1.29 is 4.79 Å². The van der Waals surface area contributed by atoms with Gasteiger partial charge in [0, 0.05) is 51.4 Å². The van der Waals surface area contributed by atoms with E-state index in [2.05, 4.69) is 62.3 Å². The van der Waals surface area contributed by atoms with Crippen LogP contribution in [0, 0.1) is 16.7 Å². The molecule has 1 atom stereocenters. The summed E-state index contributed by atoms with van der Waals surface area (Å²) in [4.78, 5) is 27.9. The Hall–Kier alpha value is -3.18. The number of carbonyl (C=O) groups excluding carboxylic acids is 1. The number of likely N-dealkylation sites (tertiary alicyclic amines) is 1. The van der Waals surface area contributed by atoms with Gasteiger partial charge in [-0.1, -0.05) is 30.3 Å². The largest absolute Gasteiger partial charge is 0.335 e. The molecule has 2 saturated heterocycles. The number of piperazine rings is 1. The number of rotatable bonds is 4. The van der Waals surface area contributed by atoms with Crippen LogP contribution in [0.4, 0.5) is 10.7 Å². The second kappa shape index (κ2) is 8.40. The third-order valence-corrected chi connectivity index (χ3v) is 6.99. The third kappa shape index (κ3) is 4.13. The van der Waals surface area contributed by atoms with Crippen molar-refractivity contribution in [2.45, 2.75) is 38.4 Å². The molecule has 1 aromatic carbocycles. The Labute approximate surface area is 188 Å². The maximum absolute atomic E-state index is 12.8. The Morgan fingerprint density at radius 1 is 1.19 bits per heavy atom. The van der Waals surface area contributed by atoms with E-state index < -0.39 is 0 Å². The van der Waals surface area contributed by atoms with Gasteiger partial charge in [0.1, 0.15) is 6.07 Å². The molecule has 1 aromatic heterocycles. The van der Waals surface area contributed by atoms with Gasteiger partial charge in [-0.05, 0) is 30.7 Å². The van der Waals surface area contributed by atoms with Gasteiger partial charge in [0.15, 0.2) is 0 Å². The Morgan fingerprint density at radius 3 is 2.56 bits per heavy atom. The number of carbonyl (C=O) groups is 1. The summed E-state index contributed by atoms with van der Waals surface area (Å²) in [5.41, 5.74) is 2.23. The van der Waals surface area contributed by atoms with Crippen LogP contribution in [-0.4, -0.2) is 70.6 Å². The van der Waals surface area contributed by atoms with Crippen LogP contribution in [-0.2, 0) is 6.54 Å². The molecule has 2 aromatic rings. The number of hydrogen-bond donors (Lipinski definition) is 1. The number of nitrogens with zero attached hydrogens (tertiary/aromatic N) is 6. The SMILES string of the molecule is C[C@H]1CN(C(=O)NC2CC3(C2)CN(Cc2ccccc2)C3)CCN1c1ncc(C#N)cn1. The van der Waals surface area contributed by atoms with Crippen LogP contribution in [0.25, 0.3) is 0 Å². The first-order chi connectivity index (χ1) is 15.5. The van der Waals surface area contributed by atoms with Crippen LogP contribution in [0.15, 0.2) is 42.7 Å². The van der Waals surface area contributed by atoms with Crippen molar-refractivity contribution in [1.82, 2.24) is 25.1 Å². The number of amides is 2. The monoisotopic (exact) mass is 431 g/mol. The first kappa shape index (κ1) is 20.7. The van der Waals surface area contributed by atoms with Crippen molar-refractivity contribution in [2.75, 3.05) is 37.6 Å². The molecule has 1 saturated carbocycles. The van der Waals surface area contributed by atoms with Gasteiger partial charge in [-0.2, -0.15) is 5.26 Å². The molecular weight excluding hydrogens is 402 g/mol. The summed E-state index contributed by atoms with van der Waals surface area (Å²) in [5.74, 6) is 0.613. The molecule has 8 heteroatoms. The summed E-state index contributed by atoms with van der Waals surface area (Å²) in [6.45, 7) is 7.33. The van der Waals surface area contributed by atoms with Gasteiger partial charge in [-0.25, -0.2) is 14.8 Å². The van der Waals surface area contributed by atoms with Gasteiger partial charge >= 0.3 is 6.03 Å². The third-order valence-electron chi connectivity index (χ3n) is 6.99. The highest BCUT2D eigenvalue weighted by atomic mass is 16.2. The first-order valence-electron chi connectivity index (χ1n) is 11.3. The first-order valence-corrected chi connectivity index (χ1v) is 11.3. The number of hydrogen-bond acceptors (Lipinski definition) is 6. The number of nitrogens with one attached hydrogen (secondary N) is 1. The second-order valence-electron chi connectivity index (χ2n) is 9.56. The highest BCUT2D eigenvalue weighted by molar-refractivity contribution is 5.75. The second-order valence-corrected chi connectivity index (χ2v) is 9.56. The standard InChI is InChI=1S/C24H29N7O/c1-18-14-30(7-8-31(18)22-26-12-20(11-25)13-27-22)23(32)28-21-9-24(10-21)16-29(17-24)15-19-5-3-2-4-6-19/h2-6,12-13,18,21H,7-10,14-17H2,1H3,(H,28,32)/t18-/m0/s1. The number of aromatic nitrogens is 2. The molecule has 3 fully saturated rings. The molecule has 2 aliphatic heterocycles. The summed E-state index contributed by atoms with van der Waals surface area (Å²) in [5, 5.41) is 12.2. The fourth-order valence-electron chi connectivity index (χ4n) is 5.43. The Bertz CT molecular complexity index is 989. The maximum atomic E-state index is 12.8. The lowest BCUT2D eigenvalue weighted by atomic mass is 9.60. The van der Waals surface area contributed by atoms with E-state index >= 15 is 0 Å². The lowest BCUT2D eigenvalue weighted by molar-refractivity contribution is -0.0809. The quantitative estimate of drug-likeness (QED) is 0.799. The van der Waals surface area contributed by atoms with Crippen molar-refractivity contribution in [2.24, 2.45) is 5.41 Å². The van der Waals surface area contributed by atoms with Crippen LogP contribution in [0.3, 0.4) is 0 Å². The molecule has 0 bridgehead atoms. The van der Waals surface area contributed by atoms with E-state index in [0.29, 0.717) is 36.6 Å². The lowest BCUT2D eigenvalue weighted by Crippen LogP contribution is -2.67. The predicted octanol–water partition coefficient (Wildman–Crippen LogP) is 2.23. The molecule has 1 N–H and O–H groups in total. The van der Waals surface area contributed by atoms with Gasteiger partial charge in [0.25, 0.3) is 0 Å². The Kier molecular flexibility index (Phi) is 5.43. The number of urea groups is 1. The normalized spacial score (nSPS) is 22.7. The zero-order valence-electron chi connectivity index (χ0n) is 18.4. The minimum atomic E-state index is 0.0394. The van der Waals surface area contributed by atoms with E-state index in [0.717, 1.165) is 32.5 Å². The molecule has 2 amide bonds. The van der Waals surface area contributed by atoms with E-state index in [4.69, 9.17) is 5.26 Å². The number of anilines is 1. The highest BCUT2D eigenvalue weighted by Gasteiger charge is 2.52. The zero-order chi connectivity index (χ0) is 22.1. The van der Waals surface area contributed by atoms with Crippen molar-refractivity contribution >= 4 is 12.0 Å². The summed E-state index contributed by atoms with van der Waals surface area (Å²) in [7, 11) is 0. The predicted molar refractivity (Wildman–Crippen MR) is 121 cm³/mol. The molecule has 0 unspecified atom stereocenters. The molecule has 1 spiro atoms. The lowest BCUT2D eigenvalue weighted by Gasteiger charge is -2.59. The fraction of sp³-hybridized carbons (Fsp3) is 0.500. The number of nitriles is 1. The van der Waals surface area contributed by atoms with E-state index in [1.807, 2.05) is 11.0 Å². The average Bonchev–Trinajstić information content (AvgIpc) is 2.77. The van der Waals surface area contributed by atoms with Gasteiger partial charge in [0.2, 0.25) is 5.95 Å². The minimum absolute atomic E-state index is 0.0394. The van der Waals surface area contributed by atoms with Gasteiger partial charge in [0.05, 0.1) is 18.0 Å². The van der Waals surface area contributed by atoms with Crippen molar-refractivity contribution in [1.29, 1.82) is 5.26 Å². The van der Waals surface area contributed by atoms with E-state index in [9.17, 15) is 4.79 Å². The molecule has 3 heterocycles. The van der Waals surface area contributed by atoms with Crippen LogP contribution in [0.2, 0.25) is 0 Å². The van der Waals surface area contributed by atoms with Crippen molar-refractivity contribution in [3.05, 3.63) is 53.9 Å². The van der Waals surface area contributed by atoms with Crippen molar-refractivity contribution in [3.8, 4) is 6.07 Å². The molecule has 1 aliphatic carbocycles. The van der Waals surface area contributed by atoms with Gasteiger partial charge in [-0.15, -0.1) is 0 Å². The molecule has 0 radical (unpaired) electrons. The number of benzene rings is 1. The molecule has 8 nitrogen and oxygen atoms in total. The summed E-state index contributed by atoms with van der Waals surface area (Å²) in [6, 6.07) is 13.1. The van der Waals surface area contributed by atoms with E-state index in [1.165, 1.54) is 5.56 Å². The Morgan fingerprint density at radius 2 is 1.91 bits per heavy atom. The summed E-state index contributed by atoms with van der Waals surface area (Å²) >= 11 is 0. The molecule has 3 aliphatic rings. The molecular formula is C24H29N7O. The van der Waals surface area contributed by atoms with E-state index in [-0.39, 0.29) is 18.1 Å². The molecule has 5 rings (SSSR count). The van der Waals surface area contributed by atoms with Crippen molar-refractivity contribution in [3.63, 3.8) is 0 Å². The maximum Gasteiger partial charge on any atom is 0.317 e.